The number of aromatic amines is 1. The molecule has 1 aliphatic rings. The number of phenolic OH excluding ortho intramolecular Hbond substituents is 1. The van der Waals surface area contributed by atoms with E-state index in [0.29, 0.717) is 28.5 Å². The minimum absolute atomic E-state index is 0. The van der Waals surface area contributed by atoms with E-state index < -0.39 is 0 Å². The van der Waals surface area contributed by atoms with Gasteiger partial charge < -0.3 is 10.4 Å². The Morgan fingerprint density at radius 2 is 1.84 bits per heavy atom. The number of benzene rings is 1. The maximum atomic E-state index is 10.5. The van der Waals surface area contributed by atoms with Gasteiger partial charge in [0.05, 0.1) is 17.9 Å². The van der Waals surface area contributed by atoms with Gasteiger partial charge in [0, 0.05) is 28.9 Å². The lowest BCUT2D eigenvalue weighted by Gasteiger charge is -2.39. The zero-order valence-corrected chi connectivity index (χ0v) is 19.6. The Kier molecular flexibility index (Phi) is 6.73. The first-order valence-corrected chi connectivity index (χ1v) is 10.1. The summed E-state index contributed by atoms with van der Waals surface area (Å²) < 4.78 is 1.87. The van der Waals surface area contributed by atoms with Crippen molar-refractivity contribution in [3.05, 3.63) is 36.7 Å². The van der Waals surface area contributed by atoms with Crippen LogP contribution in [0.25, 0.3) is 33.5 Å². The van der Waals surface area contributed by atoms with Crippen LogP contribution in [-0.2, 0) is 0 Å². The van der Waals surface area contributed by atoms with Crippen LogP contribution in [0.5, 0.6) is 5.75 Å². The molecule has 0 aliphatic heterocycles. The second-order valence-electron chi connectivity index (χ2n) is 8.91. The van der Waals surface area contributed by atoms with Crippen LogP contribution in [-0.4, -0.2) is 52.1 Å². The Hall–Kier alpha value is -2.75. The van der Waals surface area contributed by atoms with E-state index in [9.17, 15) is 5.11 Å². The fraction of sp³-hybridized carbons (Fsp3) is 0.381. The summed E-state index contributed by atoms with van der Waals surface area (Å²) in [5, 5.41) is 38.2. The molecule has 1 aromatic carbocycles. The van der Waals surface area contributed by atoms with Crippen LogP contribution in [0.1, 0.15) is 39.7 Å². The van der Waals surface area contributed by atoms with Gasteiger partial charge in [-0.15, -0.1) is 40.1 Å². The normalized spacial score (nSPS) is 18.0. The van der Waals surface area contributed by atoms with Crippen molar-refractivity contribution in [2.24, 2.45) is 0 Å². The van der Waals surface area contributed by atoms with E-state index in [1.165, 1.54) is 0 Å². The molecule has 1 aliphatic carbocycles. The van der Waals surface area contributed by atoms with E-state index in [-0.39, 0.29) is 42.1 Å². The first-order chi connectivity index (χ1) is 14.4. The standard InChI is InChI=1S/C21H24N8O.2ClH/c1-21(2,3)24-14-7-15(8-14)29-20-18(26-28-29)9-17(25-27-20)16-5-4-12(6-19(16)30)13-10-22-23-11-13;;/h4-6,9-11,14-15,24,30H,7-8H2,1-3H3,(H,22,23);2*1H. The lowest BCUT2D eigenvalue weighted by Crippen LogP contribution is -2.50. The maximum absolute atomic E-state index is 10.5. The molecule has 1 fully saturated rings. The van der Waals surface area contributed by atoms with Crippen molar-refractivity contribution in [2.75, 3.05) is 0 Å². The molecule has 3 aromatic heterocycles. The Morgan fingerprint density at radius 1 is 1.06 bits per heavy atom. The average Bonchev–Trinajstić information content (AvgIpc) is 3.33. The molecular weight excluding hydrogens is 451 g/mol. The van der Waals surface area contributed by atoms with Crippen LogP contribution in [0.3, 0.4) is 0 Å². The van der Waals surface area contributed by atoms with Crippen molar-refractivity contribution in [3.63, 3.8) is 0 Å². The summed E-state index contributed by atoms with van der Waals surface area (Å²) >= 11 is 0. The molecule has 5 rings (SSSR count). The van der Waals surface area contributed by atoms with E-state index in [2.05, 4.69) is 56.8 Å². The molecule has 1 saturated carbocycles. The third-order valence-corrected chi connectivity index (χ3v) is 5.42. The minimum atomic E-state index is 0. The van der Waals surface area contributed by atoms with Gasteiger partial charge in [-0.1, -0.05) is 11.3 Å². The van der Waals surface area contributed by atoms with E-state index in [4.69, 9.17) is 0 Å². The van der Waals surface area contributed by atoms with Gasteiger partial charge in [0.1, 0.15) is 11.3 Å². The Labute approximate surface area is 197 Å². The molecule has 0 unspecified atom stereocenters. The number of aromatic nitrogens is 7. The molecule has 0 atom stereocenters. The first kappa shape index (κ1) is 23.9. The van der Waals surface area contributed by atoms with E-state index in [1.807, 2.05) is 22.9 Å². The molecular formula is C21H26Cl2N8O. The van der Waals surface area contributed by atoms with Gasteiger partial charge in [0.2, 0.25) is 5.65 Å². The van der Waals surface area contributed by atoms with Gasteiger partial charge >= 0.3 is 0 Å². The molecule has 0 amide bonds. The predicted octanol–water partition coefficient (Wildman–Crippen LogP) is 3.92. The molecule has 32 heavy (non-hydrogen) atoms. The van der Waals surface area contributed by atoms with Crippen molar-refractivity contribution >= 4 is 36.0 Å². The van der Waals surface area contributed by atoms with Gasteiger partial charge in [0.25, 0.3) is 0 Å². The molecule has 0 bridgehead atoms. The van der Waals surface area contributed by atoms with Gasteiger partial charge in [0.15, 0.2) is 0 Å². The van der Waals surface area contributed by atoms with E-state index in [1.54, 1.807) is 18.5 Å². The van der Waals surface area contributed by atoms with Crippen molar-refractivity contribution in [2.45, 2.75) is 51.2 Å². The number of nitrogens with one attached hydrogen (secondary N) is 2. The van der Waals surface area contributed by atoms with E-state index >= 15 is 0 Å². The van der Waals surface area contributed by atoms with Crippen LogP contribution < -0.4 is 5.32 Å². The van der Waals surface area contributed by atoms with Crippen LogP contribution in [0.4, 0.5) is 0 Å². The number of hydrogen-bond acceptors (Lipinski definition) is 7. The van der Waals surface area contributed by atoms with Crippen LogP contribution in [0.15, 0.2) is 36.7 Å². The van der Waals surface area contributed by atoms with Gasteiger partial charge in [-0.3, -0.25) is 5.10 Å². The first-order valence-electron chi connectivity index (χ1n) is 10.1. The van der Waals surface area contributed by atoms with Crippen molar-refractivity contribution in [1.29, 1.82) is 0 Å². The zero-order chi connectivity index (χ0) is 20.9. The fourth-order valence-electron chi connectivity index (χ4n) is 3.98. The molecule has 3 heterocycles. The Bertz CT molecular complexity index is 1200. The number of H-pyrrole nitrogens is 1. The number of fused-ring (bicyclic) bond motifs is 1. The van der Waals surface area contributed by atoms with Crippen molar-refractivity contribution < 1.29 is 5.11 Å². The molecule has 170 valence electrons. The zero-order valence-electron chi connectivity index (χ0n) is 18.0. The summed E-state index contributed by atoms with van der Waals surface area (Å²) in [6.45, 7) is 6.53. The molecule has 0 radical (unpaired) electrons. The SMILES string of the molecule is CC(C)(C)NC1CC(n2nnc3cc(-c4ccc(-c5cn[nH]c5)cc4O)nnc32)C1.Cl.Cl. The third-order valence-electron chi connectivity index (χ3n) is 5.42. The number of nitrogens with zero attached hydrogens (tertiary/aromatic N) is 6. The average molecular weight is 477 g/mol. The molecule has 9 nitrogen and oxygen atoms in total. The highest BCUT2D eigenvalue weighted by atomic mass is 35.5. The number of halogens is 2. The van der Waals surface area contributed by atoms with Crippen LogP contribution in [0, 0.1) is 0 Å². The van der Waals surface area contributed by atoms with Crippen LogP contribution in [0.2, 0.25) is 0 Å². The van der Waals surface area contributed by atoms with Crippen molar-refractivity contribution in [1.82, 2.24) is 40.7 Å². The largest absolute Gasteiger partial charge is 0.507 e. The highest BCUT2D eigenvalue weighted by molar-refractivity contribution is 5.85. The fourth-order valence-corrected chi connectivity index (χ4v) is 3.98. The quantitative estimate of drug-likeness (QED) is 0.408. The molecule has 0 spiro atoms. The highest BCUT2D eigenvalue weighted by Gasteiger charge is 2.34. The molecule has 11 heteroatoms. The lowest BCUT2D eigenvalue weighted by atomic mass is 9.85. The number of hydrogen-bond donors (Lipinski definition) is 3. The molecule has 3 N–H and O–H groups in total. The van der Waals surface area contributed by atoms with Gasteiger partial charge in [-0.2, -0.15) is 5.10 Å². The molecule has 4 aromatic rings. The topological polar surface area (TPSA) is 117 Å². The van der Waals surface area contributed by atoms with Crippen molar-refractivity contribution in [3.8, 4) is 28.1 Å². The maximum Gasteiger partial charge on any atom is 0.201 e. The summed E-state index contributed by atoms with van der Waals surface area (Å²) in [4.78, 5) is 0. The monoisotopic (exact) mass is 476 g/mol. The summed E-state index contributed by atoms with van der Waals surface area (Å²) in [7, 11) is 0. The number of aromatic hydroxyl groups is 1. The summed E-state index contributed by atoms with van der Waals surface area (Å²) in [6, 6.07) is 8.01. The molecule has 0 saturated heterocycles. The second-order valence-corrected chi connectivity index (χ2v) is 8.91. The summed E-state index contributed by atoms with van der Waals surface area (Å²) in [6.07, 6.45) is 5.48. The smallest absolute Gasteiger partial charge is 0.201 e. The predicted molar refractivity (Wildman–Crippen MR) is 127 cm³/mol. The van der Waals surface area contributed by atoms with Gasteiger partial charge in [-0.05, 0) is 57.4 Å². The van der Waals surface area contributed by atoms with Gasteiger partial charge in [-0.25, -0.2) is 4.68 Å². The second kappa shape index (κ2) is 9.01. The summed E-state index contributed by atoms with van der Waals surface area (Å²) in [5.74, 6) is 0.129. The lowest BCUT2D eigenvalue weighted by molar-refractivity contribution is 0.179. The Morgan fingerprint density at radius 3 is 2.50 bits per heavy atom. The highest BCUT2D eigenvalue weighted by Crippen LogP contribution is 2.36. The van der Waals surface area contributed by atoms with Crippen LogP contribution >= 0.6 is 24.8 Å². The number of rotatable bonds is 4. The van der Waals surface area contributed by atoms with E-state index in [0.717, 1.165) is 24.0 Å². The third kappa shape index (κ3) is 4.55. The Balaban J connectivity index is 0.00000144. The summed E-state index contributed by atoms with van der Waals surface area (Å²) in [5.41, 5.74) is 4.38. The minimum Gasteiger partial charge on any atom is -0.507 e. The number of phenols is 1.